The highest BCUT2D eigenvalue weighted by molar-refractivity contribution is 7.92. The Morgan fingerprint density at radius 2 is 1.85 bits per heavy atom. The number of benzene rings is 1. The summed E-state index contributed by atoms with van der Waals surface area (Å²) in [7, 11) is -3.49. The van der Waals surface area contributed by atoms with Gasteiger partial charge in [-0.3, -0.25) is 0 Å². The maximum atomic E-state index is 12.1. The third-order valence-corrected chi connectivity index (χ3v) is 6.14. The van der Waals surface area contributed by atoms with Gasteiger partial charge in [-0.15, -0.1) is 0 Å². The van der Waals surface area contributed by atoms with Gasteiger partial charge in [0.05, 0.1) is 0 Å². The van der Waals surface area contributed by atoms with Crippen molar-refractivity contribution in [3.05, 3.63) is 52.0 Å². The molecule has 6 heteroatoms. The summed E-state index contributed by atoms with van der Waals surface area (Å²) < 4.78 is 24.2. The van der Waals surface area contributed by atoms with E-state index in [0.29, 0.717) is 10.6 Å². The van der Waals surface area contributed by atoms with E-state index in [1.807, 2.05) is 30.3 Å². The first kappa shape index (κ1) is 15.6. The molecule has 1 unspecified atom stereocenters. The van der Waals surface area contributed by atoms with Gasteiger partial charge in [0.1, 0.15) is 4.87 Å². The van der Waals surface area contributed by atoms with Gasteiger partial charge in [0.15, 0.2) is 9.84 Å². The Morgan fingerprint density at radius 3 is 2.35 bits per heavy atom. The minimum absolute atomic E-state index is 0.0329. The Morgan fingerprint density at radius 1 is 1.25 bits per heavy atom. The Bertz CT molecular complexity index is 680. The van der Waals surface area contributed by atoms with Crippen molar-refractivity contribution in [2.45, 2.75) is 18.2 Å². The Balaban J connectivity index is 2.51. The minimum Gasteiger partial charge on any atom is -0.309 e. The lowest BCUT2D eigenvalue weighted by Crippen LogP contribution is -2.48. The predicted octanol–water partition coefficient (Wildman–Crippen LogP) is 3.25. The summed E-state index contributed by atoms with van der Waals surface area (Å²) in [4.78, 5) is -1.53. The first-order valence-corrected chi connectivity index (χ1v) is 8.55. The van der Waals surface area contributed by atoms with Crippen LogP contribution in [0.25, 0.3) is 5.57 Å². The molecule has 3 nitrogen and oxygen atoms in total. The highest BCUT2D eigenvalue weighted by Crippen LogP contribution is 2.42. The number of nitrogens with two attached hydrogens (primary N) is 1. The topological polar surface area (TPSA) is 60.2 Å². The molecule has 1 aliphatic carbocycles. The molecule has 108 valence electrons. The van der Waals surface area contributed by atoms with Gasteiger partial charge >= 0.3 is 0 Å². The SMILES string of the molecule is CCS(=O)(=O)C1(N)C=C(Cl)C(c2ccccc2)=C(Cl)C1. The van der Waals surface area contributed by atoms with E-state index in [9.17, 15) is 8.42 Å². The third kappa shape index (κ3) is 2.66. The van der Waals surface area contributed by atoms with Crippen molar-refractivity contribution in [3.63, 3.8) is 0 Å². The molecular formula is C14H15Cl2NO2S. The van der Waals surface area contributed by atoms with E-state index in [2.05, 4.69) is 0 Å². The molecule has 0 spiro atoms. The zero-order valence-electron chi connectivity index (χ0n) is 10.9. The van der Waals surface area contributed by atoms with E-state index in [-0.39, 0.29) is 17.2 Å². The van der Waals surface area contributed by atoms with Crippen LogP contribution >= 0.6 is 23.2 Å². The number of rotatable bonds is 3. The van der Waals surface area contributed by atoms with Gasteiger partial charge in [0.25, 0.3) is 0 Å². The first-order chi connectivity index (χ1) is 9.31. The molecule has 1 aromatic rings. The fourth-order valence-corrected chi connectivity index (χ4v) is 4.41. The summed E-state index contributed by atoms with van der Waals surface area (Å²) in [6.07, 6.45) is 1.42. The third-order valence-electron chi connectivity index (χ3n) is 3.33. The summed E-state index contributed by atoms with van der Waals surface area (Å²) in [5, 5.41) is 0.634. The van der Waals surface area contributed by atoms with Gasteiger partial charge in [-0.2, -0.15) is 0 Å². The molecule has 0 heterocycles. The van der Waals surface area contributed by atoms with Gasteiger partial charge in [0.2, 0.25) is 0 Å². The largest absolute Gasteiger partial charge is 0.309 e. The monoisotopic (exact) mass is 331 g/mol. The smallest absolute Gasteiger partial charge is 0.172 e. The van der Waals surface area contributed by atoms with Crippen molar-refractivity contribution in [1.29, 1.82) is 0 Å². The van der Waals surface area contributed by atoms with Crippen LogP contribution in [-0.4, -0.2) is 19.0 Å². The second-order valence-corrected chi connectivity index (χ2v) is 8.10. The first-order valence-electron chi connectivity index (χ1n) is 6.15. The lowest BCUT2D eigenvalue weighted by atomic mass is 9.96. The van der Waals surface area contributed by atoms with E-state index < -0.39 is 14.7 Å². The lowest BCUT2D eigenvalue weighted by molar-refractivity contribution is 0.555. The van der Waals surface area contributed by atoms with Crippen LogP contribution in [0.15, 0.2) is 46.5 Å². The molecule has 1 aliphatic rings. The van der Waals surface area contributed by atoms with E-state index in [4.69, 9.17) is 28.9 Å². The number of sulfone groups is 1. The van der Waals surface area contributed by atoms with Gasteiger partial charge in [-0.25, -0.2) is 8.42 Å². The van der Waals surface area contributed by atoms with Crippen molar-refractivity contribution >= 4 is 38.6 Å². The second kappa shape index (κ2) is 5.53. The molecule has 2 rings (SSSR count). The number of allylic oxidation sites excluding steroid dienone is 2. The second-order valence-electron chi connectivity index (χ2n) is 4.67. The predicted molar refractivity (Wildman–Crippen MR) is 84.1 cm³/mol. The van der Waals surface area contributed by atoms with Crippen molar-refractivity contribution < 1.29 is 8.42 Å². The molecule has 20 heavy (non-hydrogen) atoms. The zero-order valence-corrected chi connectivity index (χ0v) is 13.3. The summed E-state index contributed by atoms with van der Waals surface area (Å²) in [5.41, 5.74) is 7.48. The number of hydrogen-bond acceptors (Lipinski definition) is 3. The highest BCUT2D eigenvalue weighted by atomic mass is 35.5. The molecule has 1 aromatic carbocycles. The van der Waals surface area contributed by atoms with Crippen LogP contribution in [0.5, 0.6) is 0 Å². The van der Waals surface area contributed by atoms with Crippen LogP contribution in [0, 0.1) is 0 Å². The minimum atomic E-state index is -3.49. The van der Waals surface area contributed by atoms with Crippen molar-refractivity contribution in [1.82, 2.24) is 0 Å². The molecule has 0 amide bonds. The molecule has 0 saturated heterocycles. The quantitative estimate of drug-likeness (QED) is 0.924. The summed E-state index contributed by atoms with van der Waals surface area (Å²) in [5.74, 6) is -0.0605. The van der Waals surface area contributed by atoms with Crippen LogP contribution in [0.4, 0.5) is 0 Å². The van der Waals surface area contributed by atoms with Crippen molar-refractivity contribution in [2.24, 2.45) is 5.73 Å². The van der Waals surface area contributed by atoms with E-state index >= 15 is 0 Å². The molecule has 0 saturated carbocycles. The molecule has 0 aliphatic heterocycles. The number of hydrogen-bond donors (Lipinski definition) is 1. The van der Waals surface area contributed by atoms with Crippen LogP contribution < -0.4 is 5.73 Å². The van der Waals surface area contributed by atoms with Crippen LogP contribution in [0.3, 0.4) is 0 Å². The zero-order chi connectivity index (χ0) is 15.0. The normalized spacial score (nSPS) is 23.7. The molecule has 0 fully saturated rings. The fraction of sp³-hybridized carbons (Fsp3) is 0.286. The van der Waals surface area contributed by atoms with Crippen LogP contribution in [-0.2, 0) is 9.84 Å². The molecule has 2 N–H and O–H groups in total. The standard InChI is InChI=1S/C14H15Cl2NO2S/c1-2-20(18,19)14(17)8-11(15)13(12(16)9-14)10-6-4-3-5-7-10/h3-8H,2,9,17H2,1H3. The maximum Gasteiger partial charge on any atom is 0.172 e. The molecule has 0 radical (unpaired) electrons. The lowest BCUT2D eigenvalue weighted by Gasteiger charge is -2.30. The average Bonchev–Trinajstić information content (AvgIpc) is 2.38. The van der Waals surface area contributed by atoms with Gasteiger partial charge in [-0.1, -0.05) is 60.5 Å². The molecule has 0 aromatic heterocycles. The van der Waals surface area contributed by atoms with Crippen molar-refractivity contribution in [3.8, 4) is 0 Å². The maximum absolute atomic E-state index is 12.1. The number of halogens is 2. The summed E-state index contributed by atoms with van der Waals surface area (Å²) in [6.45, 7) is 1.55. The molecular weight excluding hydrogens is 317 g/mol. The Hall–Kier alpha value is -0.810. The highest BCUT2D eigenvalue weighted by Gasteiger charge is 2.41. The van der Waals surface area contributed by atoms with Gasteiger partial charge in [-0.05, 0) is 11.6 Å². The van der Waals surface area contributed by atoms with Crippen molar-refractivity contribution in [2.75, 3.05) is 5.75 Å². The Labute approximate surface area is 129 Å². The van der Waals surface area contributed by atoms with E-state index in [0.717, 1.165) is 5.56 Å². The van der Waals surface area contributed by atoms with E-state index in [1.54, 1.807) is 6.92 Å². The van der Waals surface area contributed by atoms with Crippen LogP contribution in [0.2, 0.25) is 0 Å². The summed E-state index contributed by atoms with van der Waals surface area (Å²) >= 11 is 12.5. The van der Waals surface area contributed by atoms with Crippen LogP contribution in [0.1, 0.15) is 18.9 Å². The summed E-state index contributed by atoms with van der Waals surface area (Å²) in [6, 6.07) is 9.35. The fourth-order valence-electron chi connectivity index (χ4n) is 2.17. The Kier molecular flexibility index (Phi) is 4.30. The average molecular weight is 332 g/mol. The van der Waals surface area contributed by atoms with E-state index in [1.165, 1.54) is 6.08 Å². The van der Waals surface area contributed by atoms with Gasteiger partial charge in [0, 0.05) is 27.8 Å². The molecule has 0 bridgehead atoms. The molecule has 1 atom stereocenters. The van der Waals surface area contributed by atoms with Gasteiger partial charge < -0.3 is 5.73 Å².